The van der Waals surface area contributed by atoms with Gasteiger partial charge in [0.15, 0.2) is 0 Å². The summed E-state index contributed by atoms with van der Waals surface area (Å²) in [6.45, 7) is 3.24. The second kappa shape index (κ2) is 11.6. The Bertz CT molecular complexity index is 340. The zero-order valence-electron chi connectivity index (χ0n) is 13.0. The average molecular weight is 317 g/mol. The van der Waals surface area contributed by atoms with Gasteiger partial charge >= 0.3 is 5.97 Å². The number of allylic oxidation sites excluding steroid dienone is 1. The van der Waals surface area contributed by atoms with Crippen molar-refractivity contribution in [3.63, 3.8) is 0 Å². The number of carboxylic acid groups (broad SMARTS) is 1. The Balaban J connectivity index is 0.000000486. The third-order valence-electron chi connectivity index (χ3n) is 2.75. The molecule has 0 aromatic carbocycles. The number of amides is 1. The van der Waals surface area contributed by atoms with E-state index in [4.69, 9.17) is 10.8 Å². The van der Waals surface area contributed by atoms with Crippen LogP contribution in [0.15, 0.2) is 11.5 Å². The summed E-state index contributed by atoms with van der Waals surface area (Å²) < 4.78 is 0. The highest BCUT2D eigenvalue weighted by molar-refractivity contribution is 8.03. The zero-order chi connectivity index (χ0) is 16.3. The lowest BCUT2D eigenvalue weighted by molar-refractivity contribution is -0.141. The first-order chi connectivity index (χ1) is 9.86. The monoisotopic (exact) mass is 317 g/mol. The third-order valence-corrected chi connectivity index (χ3v) is 3.87. The fraction of sp³-hybridized carbons (Fsp3) is 0.714. The third kappa shape index (κ3) is 11.3. The summed E-state index contributed by atoms with van der Waals surface area (Å²) in [5.74, 6) is -1.26. The van der Waals surface area contributed by atoms with Gasteiger partial charge in [-0.3, -0.25) is 4.79 Å². The van der Waals surface area contributed by atoms with Crippen molar-refractivity contribution in [3.05, 3.63) is 11.5 Å². The van der Waals surface area contributed by atoms with E-state index in [0.29, 0.717) is 6.42 Å². The molecule has 0 saturated carbocycles. The molecule has 1 amide bonds. The van der Waals surface area contributed by atoms with Gasteiger partial charge in [-0.1, -0.05) is 6.08 Å². The fourth-order valence-corrected chi connectivity index (χ4v) is 2.69. The summed E-state index contributed by atoms with van der Waals surface area (Å²) in [5.41, 5.74) is 5.25. The molecule has 0 aromatic heterocycles. The van der Waals surface area contributed by atoms with E-state index >= 15 is 0 Å². The predicted octanol–water partition coefficient (Wildman–Crippen LogP) is 0.882. The molecule has 1 rings (SSSR count). The molecule has 2 atom stereocenters. The molecule has 1 aliphatic heterocycles. The molecule has 4 N–H and O–H groups in total. The Labute approximate surface area is 131 Å². The normalized spacial score (nSPS) is 18.0. The highest BCUT2D eigenvalue weighted by Gasteiger charge is 2.23. The Morgan fingerprint density at radius 2 is 2.19 bits per heavy atom. The standard InChI is InChI=1S/C9H13NO3S.C5H14N2/c1-6(11)10-8(9(12)13)5-7-3-2-4-14-7;1-7(2)5-3-4-6/h2,4,7-8H,3,5H2,1H3,(H,10,11)(H,12,13);3-6H2,1-2H3/t7?,8-;/m0./s1. The quantitative estimate of drug-likeness (QED) is 0.645. The van der Waals surface area contributed by atoms with Gasteiger partial charge in [-0.25, -0.2) is 4.79 Å². The molecule has 0 radical (unpaired) electrons. The summed E-state index contributed by atoms with van der Waals surface area (Å²) in [4.78, 5) is 23.6. The number of hydrogen-bond acceptors (Lipinski definition) is 5. The van der Waals surface area contributed by atoms with E-state index in [2.05, 4.69) is 24.3 Å². The Hall–Kier alpha value is -1.05. The number of carboxylic acids is 1. The van der Waals surface area contributed by atoms with Crippen LogP contribution in [0, 0.1) is 0 Å². The van der Waals surface area contributed by atoms with Crippen molar-refractivity contribution in [1.29, 1.82) is 0 Å². The minimum atomic E-state index is -0.965. The van der Waals surface area contributed by atoms with Crippen LogP contribution in [0.4, 0.5) is 0 Å². The first kappa shape index (κ1) is 19.9. The van der Waals surface area contributed by atoms with E-state index in [1.54, 1.807) is 11.8 Å². The first-order valence-electron chi connectivity index (χ1n) is 7.02. The van der Waals surface area contributed by atoms with Crippen molar-refractivity contribution < 1.29 is 14.7 Å². The van der Waals surface area contributed by atoms with Gasteiger partial charge in [0.05, 0.1) is 0 Å². The van der Waals surface area contributed by atoms with E-state index in [1.807, 2.05) is 11.5 Å². The molecular formula is C14H27N3O3S. The summed E-state index contributed by atoms with van der Waals surface area (Å²) in [6, 6.07) is -0.759. The van der Waals surface area contributed by atoms with Crippen LogP contribution < -0.4 is 11.1 Å². The molecule has 1 aliphatic rings. The lowest BCUT2D eigenvalue weighted by atomic mass is 10.1. The number of nitrogens with zero attached hydrogens (tertiary/aromatic N) is 1. The molecule has 1 heterocycles. The van der Waals surface area contributed by atoms with E-state index in [0.717, 1.165) is 25.9 Å². The number of carbonyl (C=O) groups excluding carboxylic acids is 1. The number of rotatable bonds is 7. The minimum Gasteiger partial charge on any atom is -0.480 e. The van der Waals surface area contributed by atoms with Crippen LogP contribution in [0.1, 0.15) is 26.2 Å². The summed E-state index contributed by atoms with van der Waals surface area (Å²) >= 11 is 1.62. The maximum atomic E-state index is 10.8. The number of aliphatic carboxylic acids is 1. The Kier molecular flexibility index (Phi) is 11.0. The van der Waals surface area contributed by atoms with Crippen LogP contribution in [0.25, 0.3) is 0 Å². The highest BCUT2D eigenvalue weighted by Crippen LogP contribution is 2.27. The lowest BCUT2D eigenvalue weighted by Crippen LogP contribution is -2.41. The predicted molar refractivity (Wildman–Crippen MR) is 87.2 cm³/mol. The summed E-state index contributed by atoms with van der Waals surface area (Å²) in [7, 11) is 4.10. The Morgan fingerprint density at radius 1 is 1.52 bits per heavy atom. The topological polar surface area (TPSA) is 95.7 Å². The number of thioether (sulfide) groups is 1. The van der Waals surface area contributed by atoms with Crippen LogP contribution in [0.3, 0.4) is 0 Å². The van der Waals surface area contributed by atoms with Gasteiger partial charge in [0.1, 0.15) is 6.04 Å². The molecule has 7 heteroatoms. The van der Waals surface area contributed by atoms with Crippen LogP contribution in [-0.4, -0.2) is 60.4 Å². The maximum Gasteiger partial charge on any atom is 0.326 e. The van der Waals surface area contributed by atoms with E-state index in [-0.39, 0.29) is 11.2 Å². The molecular weight excluding hydrogens is 290 g/mol. The van der Waals surface area contributed by atoms with E-state index < -0.39 is 12.0 Å². The van der Waals surface area contributed by atoms with Crippen molar-refractivity contribution in [3.8, 4) is 0 Å². The number of carbonyl (C=O) groups is 2. The first-order valence-corrected chi connectivity index (χ1v) is 7.96. The van der Waals surface area contributed by atoms with Crippen LogP contribution in [-0.2, 0) is 9.59 Å². The Morgan fingerprint density at radius 3 is 2.52 bits per heavy atom. The largest absolute Gasteiger partial charge is 0.480 e. The van der Waals surface area contributed by atoms with Crippen molar-refractivity contribution in [2.45, 2.75) is 37.5 Å². The van der Waals surface area contributed by atoms with E-state index in [1.165, 1.54) is 6.92 Å². The highest BCUT2D eigenvalue weighted by atomic mass is 32.2. The number of hydrogen-bond donors (Lipinski definition) is 3. The number of nitrogens with two attached hydrogens (primary N) is 1. The van der Waals surface area contributed by atoms with Gasteiger partial charge in [-0.15, -0.1) is 11.8 Å². The summed E-state index contributed by atoms with van der Waals surface area (Å²) in [6.07, 6.45) is 4.48. The van der Waals surface area contributed by atoms with Crippen LogP contribution in [0.5, 0.6) is 0 Å². The van der Waals surface area contributed by atoms with Gasteiger partial charge in [0, 0.05) is 12.2 Å². The molecule has 0 bridgehead atoms. The van der Waals surface area contributed by atoms with Gasteiger partial charge in [0.2, 0.25) is 5.91 Å². The molecule has 1 unspecified atom stereocenters. The fourth-order valence-electron chi connectivity index (χ4n) is 1.72. The smallest absolute Gasteiger partial charge is 0.326 e. The van der Waals surface area contributed by atoms with Crippen molar-refractivity contribution in [1.82, 2.24) is 10.2 Å². The molecule has 0 saturated heterocycles. The second-order valence-corrected chi connectivity index (χ2v) is 6.35. The lowest BCUT2D eigenvalue weighted by Gasteiger charge is -2.16. The van der Waals surface area contributed by atoms with Gasteiger partial charge in [-0.05, 0) is 51.9 Å². The van der Waals surface area contributed by atoms with Crippen molar-refractivity contribution in [2.24, 2.45) is 5.73 Å². The molecule has 0 fully saturated rings. The number of nitrogens with one attached hydrogen (secondary N) is 1. The SMILES string of the molecule is CC(=O)N[C@@H](CC1CC=CS1)C(=O)O.CN(C)CCCN. The molecule has 122 valence electrons. The van der Waals surface area contributed by atoms with Gasteiger partial charge in [-0.2, -0.15) is 0 Å². The molecule has 0 spiro atoms. The maximum absolute atomic E-state index is 10.8. The van der Waals surface area contributed by atoms with Gasteiger partial charge in [0.25, 0.3) is 0 Å². The van der Waals surface area contributed by atoms with Crippen molar-refractivity contribution in [2.75, 3.05) is 27.2 Å². The van der Waals surface area contributed by atoms with Crippen molar-refractivity contribution >= 4 is 23.6 Å². The molecule has 0 aromatic rings. The van der Waals surface area contributed by atoms with E-state index in [9.17, 15) is 9.59 Å². The molecule has 6 nitrogen and oxygen atoms in total. The minimum absolute atomic E-state index is 0.281. The zero-order valence-corrected chi connectivity index (χ0v) is 13.9. The average Bonchev–Trinajstić information content (AvgIpc) is 2.88. The molecule has 21 heavy (non-hydrogen) atoms. The second-order valence-electron chi connectivity index (χ2n) is 5.14. The molecule has 0 aliphatic carbocycles. The van der Waals surface area contributed by atoms with Gasteiger partial charge < -0.3 is 21.1 Å². The van der Waals surface area contributed by atoms with Crippen LogP contribution in [0.2, 0.25) is 0 Å². The summed E-state index contributed by atoms with van der Waals surface area (Å²) in [5, 5.41) is 13.5. The van der Waals surface area contributed by atoms with Crippen LogP contribution >= 0.6 is 11.8 Å².